The van der Waals surface area contributed by atoms with Crippen molar-refractivity contribution < 1.29 is 14.3 Å². The van der Waals surface area contributed by atoms with E-state index in [0.29, 0.717) is 18.7 Å². The number of aryl methyl sites for hydroxylation is 1. The van der Waals surface area contributed by atoms with Gasteiger partial charge < -0.3 is 14.8 Å². The highest BCUT2D eigenvalue weighted by molar-refractivity contribution is 5.95. The summed E-state index contributed by atoms with van der Waals surface area (Å²) in [6.07, 6.45) is 0. The summed E-state index contributed by atoms with van der Waals surface area (Å²) in [5.41, 5.74) is 1.56. The molecule has 16 heavy (non-hydrogen) atoms. The smallest absolute Gasteiger partial charge is 0.251 e. The van der Waals surface area contributed by atoms with E-state index in [1.807, 2.05) is 13.0 Å². The van der Waals surface area contributed by atoms with E-state index in [4.69, 9.17) is 9.47 Å². The molecule has 0 aliphatic heterocycles. The summed E-state index contributed by atoms with van der Waals surface area (Å²) in [6.45, 7) is 2.91. The number of ether oxygens (including phenoxy) is 2. The van der Waals surface area contributed by atoms with Crippen LogP contribution in [0.3, 0.4) is 0 Å². The molecule has 0 aliphatic carbocycles. The third-order valence-electron chi connectivity index (χ3n) is 2.27. The molecule has 88 valence electrons. The van der Waals surface area contributed by atoms with Gasteiger partial charge in [0.1, 0.15) is 5.75 Å². The molecule has 1 aromatic carbocycles. The number of rotatable bonds is 5. The molecule has 0 bridgehead atoms. The van der Waals surface area contributed by atoms with Gasteiger partial charge in [0.15, 0.2) is 0 Å². The molecule has 1 aromatic rings. The van der Waals surface area contributed by atoms with Crippen LogP contribution < -0.4 is 10.1 Å². The van der Waals surface area contributed by atoms with Crippen molar-refractivity contribution in [3.05, 3.63) is 29.3 Å². The number of benzene rings is 1. The Balaban J connectivity index is 2.68. The van der Waals surface area contributed by atoms with Crippen molar-refractivity contribution in [2.75, 3.05) is 27.4 Å². The van der Waals surface area contributed by atoms with Gasteiger partial charge in [-0.1, -0.05) is 0 Å². The van der Waals surface area contributed by atoms with Gasteiger partial charge in [0.25, 0.3) is 5.91 Å². The largest absolute Gasteiger partial charge is 0.497 e. The van der Waals surface area contributed by atoms with Gasteiger partial charge in [-0.15, -0.1) is 0 Å². The number of nitrogens with one attached hydrogen (secondary N) is 1. The van der Waals surface area contributed by atoms with Crippen molar-refractivity contribution in [2.24, 2.45) is 0 Å². The van der Waals surface area contributed by atoms with Crippen LogP contribution in [0.15, 0.2) is 18.2 Å². The molecule has 0 saturated heterocycles. The maximum atomic E-state index is 11.7. The van der Waals surface area contributed by atoms with Crippen LogP contribution in [0.2, 0.25) is 0 Å². The van der Waals surface area contributed by atoms with Crippen LogP contribution in [-0.2, 0) is 4.74 Å². The standard InChI is InChI=1S/C12H17NO3/c1-9-8-10(16-3)4-5-11(9)12(14)13-6-7-15-2/h4-5,8H,6-7H2,1-3H3,(H,13,14). The minimum absolute atomic E-state index is 0.0859. The van der Waals surface area contributed by atoms with E-state index in [1.165, 1.54) is 0 Å². The van der Waals surface area contributed by atoms with Gasteiger partial charge in [-0.05, 0) is 30.7 Å². The lowest BCUT2D eigenvalue weighted by Crippen LogP contribution is -2.27. The Morgan fingerprint density at radius 2 is 2.12 bits per heavy atom. The maximum Gasteiger partial charge on any atom is 0.251 e. The van der Waals surface area contributed by atoms with E-state index in [2.05, 4.69) is 5.32 Å². The van der Waals surface area contributed by atoms with E-state index >= 15 is 0 Å². The number of amides is 1. The van der Waals surface area contributed by atoms with Crippen LogP contribution in [0.4, 0.5) is 0 Å². The first-order valence-electron chi connectivity index (χ1n) is 5.11. The van der Waals surface area contributed by atoms with Crippen LogP contribution in [0.5, 0.6) is 5.75 Å². The molecule has 1 amide bonds. The summed E-state index contributed by atoms with van der Waals surface area (Å²) < 4.78 is 9.94. The molecule has 1 rings (SSSR count). The van der Waals surface area contributed by atoms with Crippen LogP contribution in [-0.4, -0.2) is 33.3 Å². The zero-order chi connectivity index (χ0) is 12.0. The van der Waals surface area contributed by atoms with Crippen molar-refractivity contribution >= 4 is 5.91 Å². The van der Waals surface area contributed by atoms with E-state index in [1.54, 1.807) is 26.4 Å². The second kappa shape index (κ2) is 6.12. The van der Waals surface area contributed by atoms with Gasteiger partial charge in [-0.2, -0.15) is 0 Å². The van der Waals surface area contributed by atoms with Gasteiger partial charge in [-0.25, -0.2) is 0 Å². The molecule has 0 unspecified atom stereocenters. The zero-order valence-corrected chi connectivity index (χ0v) is 9.87. The normalized spacial score (nSPS) is 9.94. The Morgan fingerprint density at radius 3 is 2.69 bits per heavy atom. The Hall–Kier alpha value is -1.55. The summed E-state index contributed by atoms with van der Waals surface area (Å²) in [7, 11) is 3.21. The van der Waals surface area contributed by atoms with E-state index in [-0.39, 0.29) is 5.91 Å². The summed E-state index contributed by atoms with van der Waals surface area (Å²) in [5, 5.41) is 2.77. The predicted octanol–water partition coefficient (Wildman–Crippen LogP) is 1.38. The summed E-state index contributed by atoms with van der Waals surface area (Å²) in [4.78, 5) is 11.7. The SMILES string of the molecule is COCCNC(=O)c1ccc(OC)cc1C. The van der Waals surface area contributed by atoms with Crippen LogP contribution in [0.25, 0.3) is 0 Å². The monoisotopic (exact) mass is 223 g/mol. The topological polar surface area (TPSA) is 47.6 Å². The summed E-state index contributed by atoms with van der Waals surface area (Å²) >= 11 is 0. The average Bonchev–Trinajstić information content (AvgIpc) is 2.29. The quantitative estimate of drug-likeness (QED) is 0.767. The predicted molar refractivity (Wildman–Crippen MR) is 61.9 cm³/mol. The van der Waals surface area contributed by atoms with E-state index < -0.39 is 0 Å². The fourth-order valence-electron chi connectivity index (χ4n) is 1.38. The number of carbonyl (C=O) groups excluding carboxylic acids is 1. The highest BCUT2D eigenvalue weighted by atomic mass is 16.5. The molecule has 0 aromatic heterocycles. The van der Waals surface area contributed by atoms with Crippen molar-refractivity contribution in [1.29, 1.82) is 0 Å². The van der Waals surface area contributed by atoms with Crippen molar-refractivity contribution in [1.82, 2.24) is 5.32 Å². The molecule has 0 atom stereocenters. The molecule has 0 saturated carbocycles. The first kappa shape index (κ1) is 12.5. The van der Waals surface area contributed by atoms with Crippen molar-refractivity contribution in [3.63, 3.8) is 0 Å². The minimum Gasteiger partial charge on any atom is -0.497 e. The van der Waals surface area contributed by atoms with E-state index in [0.717, 1.165) is 11.3 Å². The molecule has 1 N–H and O–H groups in total. The summed E-state index contributed by atoms with van der Waals surface area (Å²) in [5.74, 6) is 0.670. The molecule has 4 heteroatoms. The molecule has 4 nitrogen and oxygen atoms in total. The first-order valence-corrected chi connectivity index (χ1v) is 5.11. The molecule has 0 heterocycles. The van der Waals surface area contributed by atoms with Crippen molar-refractivity contribution in [2.45, 2.75) is 6.92 Å². The number of hydrogen-bond donors (Lipinski definition) is 1. The Morgan fingerprint density at radius 1 is 1.38 bits per heavy atom. The zero-order valence-electron chi connectivity index (χ0n) is 9.87. The van der Waals surface area contributed by atoms with Gasteiger partial charge in [0.05, 0.1) is 13.7 Å². The fraction of sp³-hybridized carbons (Fsp3) is 0.417. The van der Waals surface area contributed by atoms with Gasteiger partial charge in [0.2, 0.25) is 0 Å². The minimum atomic E-state index is -0.0859. The molecule has 0 aliphatic rings. The second-order valence-corrected chi connectivity index (χ2v) is 3.43. The highest BCUT2D eigenvalue weighted by Gasteiger charge is 2.08. The molecular formula is C12H17NO3. The number of carbonyl (C=O) groups is 1. The molecular weight excluding hydrogens is 206 g/mol. The number of methoxy groups -OCH3 is 2. The molecule has 0 radical (unpaired) electrons. The van der Waals surface area contributed by atoms with Gasteiger partial charge >= 0.3 is 0 Å². The third kappa shape index (κ3) is 3.24. The molecule has 0 fully saturated rings. The van der Waals surface area contributed by atoms with Crippen LogP contribution in [0, 0.1) is 6.92 Å². The lowest BCUT2D eigenvalue weighted by Gasteiger charge is -2.08. The van der Waals surface area contributed by atoms with Gasteiger partial charge in [-0.3, -0.25) is 4.79 Å². The number of hydrogen-bond acceptors (Lipinski definition) is 3. The lowest BCUT2D eigenvalue weighted by molar-refractivity contribution is 0.0936. The third-order valence-corrected chi connectivity index (χ3v) is 2.27. The maximum absolute atomic E-state index is 11.7. The van der Waals surface area contributed by atoms with Crippen LogP contribution in [0.1, 0.15) is 15.9 Å². The highest BCUT2D eigenvalue weighted by Crippen LogP contribution is 2.16. The van der Waals surface area contributed by atoms with E-state index in [9.17, 15) is 4.79 Å². The Kier molecular flexibility index (Phi) is 4.79. The van der Waals surface area contributed by atoms with Gasteiger partial charge in [0, 0.05) is 19.2 Å². The van der Waals surface area contributed by atoms with Crippen molar-refractivity contribution in [3.8, 4) is 5.75 Å². The Labute approximate surface area is 95.6 Å². The first-order chi connectivity index (χ1) is 7.69. The lowest BCUT2D eigenvalue weighted by atomic mass is 10.1. The summed E-state index contributed by atoms with van der Waals surface area (Å²) in [6, 6.07) is 5.37. The fourth-order valence-corrected chi connectivity index (χ4v) is 1.38. The molecule has 0 spiro atoms. The second-order valence-electron chi connectivity index (χ2n) is 3.43. The average molecular weight is 223 g/mol. The van der Waals surface area contributed by atoms with Crippen LogP contribution >= 0.6 is 0 Å². The Bertz CT molecular complexity index is 363.